The lowest BCUT2D eigenvalue weighted by molar-refractivity contribution is 0.0749. The molecule has 0 aliphatic heterocycles. The molecule has 7 heteroatoms. The first-order valence-corrected chi connectivity index (χ1v) is 8.73. The van der Waals surface area contributed by atoms with Gasteiger partial charge in [-0.3, -0.25) is 4.79 Å². The van der Waals surface area contributed by atoms with E-state index in [1.54, 1.807) is 26.5 Å². The molecule has 1 aromatic carbocycles. The minimum atomic E-state index is -0.0882. The Morgan fingerprint density at radius 1 is 1.08 bits per heavy atom. The molecular formula is C19H26N4O3. The standard InChI is InChI=1S/C19H26N4O3/c1-5-9-23(10-6-2)19(24)16-12-21-18(13-20-16)22-15-8-7-14(25-3)11-17(15)26-4/h7-8,11-13H,5-6,9-10H2,1-4H3,(H,21,22). The molecule has 1 heterocycles. The Morgan fingerprint density at radius 3 is 2.35 bits per heavy atom. The maximum absolute atomic E-state index is 12.5. The maximum Gasteiger partial charge on any atom is 0.274 e. The normalized spacial score (nSPS) is 10.3. The predicted molar refractivity (Wildman–Crippen MR) is 101 cm³/mol. The molecule has 1 N–H and O–H groups in total. The van der Waals surface area contributed by atoms with Crippen LogP contribution < -0.4 is 14.8 Å². The van der Waals surface area contributed by atoms with E-state index < -0.39 is 0 Å². The molecule has 0 unspecified atom stereocenters. The molecule has 140 valence electrons. The number of hydrogen-bond donors (Lipinski definition) is 1. The Balaban J connectivity index is 2.13. The Hall–Kier alpha value is -2.83. The molecule has 0 fully saturated rings. The van der Waals surface area contributed by atoms with Gasteiger partial charge in [0.25, 0.3) is 5.91 Å². The van der Waals surface area contributed by atoms with Crippen LogP contribution in [0.2, 0.25) is 0 Å². The summed E-state index contributed by atoms with van der Waals surface area (Å²) in [6, 6.07) is 5.44. The lowest BCUT2D eigenvalue weighted by Gasteiger charge is -2.20. The lowest BCUT2D eigenvalue weighted by Crippen LogP contribution is -2.33. The fraction of sp³-hybridized carbons (Fsp3) is 0.421. The molecule has 26 heavy (non-hydrogen) atoms. The molecule has 0 saturated heterocycles. The SMILES string of the molecule is CCCN(CCC)C(=O)c1cnc(Nc2ccc(OC)cc2OC)cn1. The van der Waals surface area contributed by atoms with Crippen molar-refractivity contribution in [3.8, 4) is 11.5 Å². The van der Waals surface area contributed by atoms with Gasteiger partial charge in [-0.1, -0.05) is 13.8 Å². The third kappa shape index (κ3) is 4.84. The molecule has 2 rings (SSSR count). The molecule has 1 amide bonds. The zero-order valence-electron chi connectivity index (χ0n) is 15.8. The Labute approximate surface area is 154 Å². The van der Waals surface area contributed by atoms with Crippen LogP contribution >= 0.6 is 0 Å². The highest BCUT2D eigenvalue weighted by molar-refractivity contribution is 5.92. The summed E-state index contributed by atoms with van der Waals surface area (Å²) in [4.78, 5) is 22.9. The fourth-order valence-electron chi connectivity index (χ4n) is 2.56. The Kier molecular flexibility index (Phi) is 7.20. The molecule has 0 saturated carbocycles. The highest BCUT2D eigenvalue weighted by Crippen LogP contribution is 2.30. The molecule has 0 spiro atoms. The van der Waals surface area contributed by atoms with Gasteiger partial charge in [-0.25, -0.2) is 9.97 Å². The van der Waals surface area contributed by atoms with Crippen molar-refractivity contribution >= 4 is 17.4 Å². The summed E-state index contributed by atoms with van der Waals surface area (Å²) in [5.41, 5.74) is 1.08. The summed E-state index contributed by atoms with van der Waals surface area (Å²) in [5, 5.41) is 3.14. The van der Waals surface area contributed by atoms with Gasteiger partial charge in [0.15, 0.2) is 0 Å². The molecule has 0 bridgehead atoms. The van der Waals surface area contributed by atoms with E-state index in [0.717, 1.165) is 31.6 Å². The summed E-state index contributed by atoms with van der Waals surface area (Å²) in [7, 11) is 3.19. The van der Waals surface area contributed by atoms with Crippen LogP contribution in [-0.4, -0.2) is 48.1 Å². The van der Waals surface area contributed by atoms with Gasteiger partial charge in [0.1, 0.15) is 23.0 Å². The number of carbonyl (C=O) groups is 1. The summed E-state index contributed by atoms with van der Waals surface area (Å²) < 4.78 is 10.5. The molecule has 7 nitrogen and oxygen atoms in total. The molecule has 1 aromatic heterocycles. The second-order valence-electron chi connectivity index (χ2n) is 5.77. The number of methoxy groups -OCH3 is 2. The van der Waals surface area contributed by atoms with Crippen molar-refractivity contribution in [1.82, 2.24) is 14.9 Å². The van der Waals surface area contributed by atoms with Crippen LogP contribution in [0.25, 0.3) is 0 Å². The predicted octanol–water partition coefficient (Wildman–Crippen LogP) is 3.50. The lowest BCUT2D eigenvalue weighted by atomic mass is 10.2. The van der Waals surface area contributed by atoms with Crippen LogP contribution in [0, 0.1) is 0 Å². The van der Waals surface area contributed by atoms with Gasteiger partial charge in [0, 0.05) is 19.2 Å². The van der Waals surface area contributed by atoms with Gasteiger partial charge >= 0.3 is 0 Å². The fourth-order valence-corrected chi connectivity index (χ4v) is 2.56. The number of ether oxygens (including phenoxy) is 2. The molecule has 2 aromatic rings. The first-order valence-electron chi connectivity index (χ1n) is 8.73. The number of rotatable bonds is 9. The van der Waals surface area contributed by atoms with E-state index in [2.05, 4.69) is 29.1 Å². The highest BCUT2D eigenvalue weighted by Gasteiger charge is 2.16. The number of anilines is 2. The maximum atomic E-state index is 12.5. The van der Waals surface area contributed by atoms with Gasteiger partial charge in [-0.05, 0) is 25.0 Å². The minimum Gasteiger partial charge on any atom is -0.497 e. The van der Waals surface area contributed by atoms with Gasteiger partial charge in [-0.2, -0.15) is 0 Å². The van der Waals surface area contributed by atoms with E-state index in [9.17, 15) is 4.79 Å². The van der Waals surface area contributed by atoms with Crippen LogP contribution in [0.4, 0.5) is 11.5 Å². The molecule has 0 radical (unpaired) electrons. The van der Waals surface area contributed by atoms with Crippen LogP contribution in [0.1, 0.15) is 37.2 Å². The van der Waals surface area contributed by atoms with E-state index in [4.69, 9.17) is 9.47 Å². The number of carbonyl (C=O) groups excluding carboxylic acids is 1. The summed E-state index contributed by atoms with van der Waals surface area (Å²) >= 11 is 0. The van der Waals surface area contributed by atoms with Gasteiger partial charge < -0.3 is 19.7 Å². The van der Waals surface area contributed by atoms with Crippen molar-refractivity contribution in [3.63, 3.8) is 0 Å². The third-order valence-corrected chi connectivity index (χ3v) is 3.82. The first-order chi connectivity index (χ1) is 12.6. The zero-order chi connectivity index (χ0) is 18.9. The zero-order valence-corrected chi connectivity index (χ0v) is 15.8. The highest BCUT2D eigenvalue weighted by atomic mass is 16.5. The van der Waals surface area contributed by atoms with E-state index in [1.807, 2.05) is 17.0 Å². The van der Waals surface area contributed by atoms with Crippen molar-refractivity contribution in [1.29, 1.82) is 0 Å². The Bertz CT molecular complexity index is 713. The first kappa shape index (κ1) is 19.5. The Morgan fingerprint density at radius 2 is 1.81 bits per heavy atom. The molecular weight excluding hydrogens is 332 g/mol. The molecule has 0 atom stereocenters. The number of amides is 1. The second kappa shape index (κ2) is 9.60. The van der Waals surface area contributed by atoms with Crippen LogP contribution in [0.3, 0.4) is 0 Å². The van der Waals surface area contributed by atoms with Gasteiger partial charge in [-0.15, -0.1) is 0 Å². The quantitative estimate of drug-likeness (QED) is 0.739. The van der Waals surface area contributed by atoms with E-state index in [1.165, 1.54) is 6.20 Å². The number of benzene rings is 1. The monoisotopic (exact) mass is 358 g/mol. The van der Waals surface area contributed by atoms with E-state index in [-0.39, 0.29) is 5.91 Å². The summed E-state index contributed by atoms with van der Waals surface area (Å²) in [6.45, 7) is 5.54. The summed E-state index contributed by atoms with van der Waals surface area (Å²) in [6.07, 6.45) is 4.87. The smallest absolute Gasteiger partial charge is 0.274 e. The van der Waals surface area contributed by atoms with Crippen LogP contribution in [-0.2, 0) is 0 Å². The number of nitrogens with zero attached hydrogens (tertiary/aromatic N) is 3. The number of aromatic nitrogens is 2. The van der Waals surface area contributed by atoms with E-state index in [0.29, 0.717) is 23.0 Å². The van der Waals surface area contributed by atoms with Gasteiger partial charge in [0.2, 0.25) is 0 Å². The number of nitrogens with one attached hydrogen (secondary N) is 1. The third-order valence-electron chi connectivity index (χ3n) is 3.82. The minimum absolute atomic E-state index is 0.0882. The largest absolute Gasteiger partial charge is 0.497 e. The van der Waals surface area contributed by atoms with Gasteiger partial charge in [0.05, 0.1) is 32.3 Å². The topological polar surface area (TPSA) is 76.6 Å². The average Bonchev–Trinajstić information content (AvgIpc) is 2.68. The van der Waals surface area contributed by atoms with Crippen LogP contribution in [0.15, 0.2) is 30.6 Å². The average molecular weight is 358 g/mol. The van der Waals surface area contributed by atoms with Crippen molar-refractivity contribution in [3.05, 3.63) is 36.3 Å². The molecule has 0 aliphatic carbocycles. The van der Waals surface area contributed by atoms with E-state index >= 15 is 0 Å². The molecule has 0 aliphatic rings. The second-order valence-corrected chi connectivity index (χ2v) is 5.77. The summed E-state index contributed by atoms with van der Waals surface area (Å²) in [5.74, 6) is 1.77. The van der Waals surface area contributed by atoms with Crippen molar-refractivity contribution in [2.24, 2.45) is 0 Å². The van der Waals surface area contributed by atoms with Crippen molar-refractivity contribution in [2.45, 2.75) is 26.7 Å². The van der Waals surface area contributed by atoms with Crippen LogP contribution in [0.5, 0.6) is 11.5 Å². The van der Waals surface area contributed by atoms with Crippen molar-refractivity contribution in [2.75, 3.05) is 32.6 Å². The number of hydrogen-bond acceptors (Lipinski definition) is 6. The van der Waals surface area contributed by atoms with Crippen molar-refractivity contribution < 1.29 is 14.3 Å².